The highest BCUT2D eigenvalue weighted by atomic mass is 32.1. The number of thiophene rings is 1. The molecule has 2 rings (SSSR count). The van der Waals surface area contributed by atoms with Crippen molar-refractivity contribution in [3.8, 4) is 0 Å². The highest BCUT2D eigenvalue weighted by Crippen LogP contribution is 2.24. The van der Waals surface area contributed by atoms with E-state index in [0.717, 1.165) is 13.0 Å². The van der Waals surface area contributed by atoms with E-state index in [1.165, 1.54) is 15.6 Å². The molecule has 0 unspecified atom stereocenters. The van der Waals surface area contributed by atoms with Gasteiger partial charge in [-0.2, -0.15) is 0 Å². The van der Waals surface area contributed by atoms with E-state index in [0.29, 0.717) is 0 Å². The summed E-state index contributed by atoms with van der Waals surface area (Å²) in [7, 11) is 4.21. The summed E-state index contributed by atoms with van der Waals surface area (Å²) in [6.45, 7) is 1.10. The second-order valence-corrected chi connectivity index (χ2v) is 4.60. The second kappa shape index (κ2) is 4.07. The topological polar surface area (TPSA) is 16.1 Å². The summed E-state index contributed by atoms with van der Waals surface area (Å²) in [6.07, 6.45) is 4.93. The zero-order chi connectivity index (χ0) is 9.97. The van der Waals surface area contributed by atoms with E-state index in [4.69, 9.17) is 0 Å². The van der Waals surface area contributed by atoms with E-state index < -0.39 is 0 Å². The Labute approximate surface area is 88.2 Å². The third-order valence-corrected chi connectivity index (χ3v) is 3.30. The molecule has 0 spiro atoms. The maximum Gasteiger partial charge on any atom is 0.0376 e. The van der Waals surface area contributed by atoms with Gasteiger partial charge in [-0.1, -0.05) is 0 Å². The van der Waals surface area contributed by atoms with Crippen LogP contribution >= 0.6 is 11.3 Å². The summed E-state index contributed by atoms with van der Waals surface area (Å²) in [5, 5.41) is 3.56. The number of hydrogen-bond acceptors (Lipinski definition) is 3. The molecular weight excluding hydrogens is 192 g/mol. The lowest BCUT2D eigenvalue weighted by molar-refractivity contribution is 0.414. The first-order valence-corrected chi connectivity index (χ1v) is 5.60. The van der Waals surface area contributed by atoms with Crippen molar-refractivity contribution in [3.05, 3.63) is 29.4 Å². The summed E-state index contributed by atoms with van der Waals surface area (Å²) in [5.74, 6) is 0. The molecule has 2 nitrogen and oxygen atoms in total. The van der Waals surface area contributed by atoms with Gasteiger partial charge < -0.3 is 4.90 Å². The van der Waals surface area contributed by atoms with Crippen LogP contribution < -0.4 is 0 Å². The molecule has 74 valence electrons. The summed E-state index contributed by atoms with van der Waals surface area (Å²) in [6, 6.07) is 2.08. The first kappa shape index (κ1) is 9.62. The number of aromatic nitrogens is 1. The number of fused-ring (bicyclic) bond motifs is 1. The van der Waals surface area contributed by atoms with Gasteiger partial charge in [0.2, 0.25) is 0 Å². The van der Waals surface area contributed by atoms with Crippen LogP contribution in [0.3, 0.4) is 0 Å². The Morgan fingerprint density at radius 2 is 2.29 bits per heavy atom. The molecule has 0 saturated carbocycles. The summed E-state index contributed by atoms with van der Waals surface area (Å²) in [4.78, 5) is 6.37. The predicted octanol–water partition coefficient (Wildman–Crippen LogP) is 2.40. The van der Waals surface area contributed by atoms with Crippen molar-refractivity contribution in [2.45, 2.75) is 6.42 Å². The van der Waals surface area contributed by atoms with Crippen LogP contribution in [0.4, 0.5) is 0 Å². The van der Waals surface area contributed by atoms with Crippen LogP contribution in [0.25, 0.3) is 10.1 Å². The monoisotopic (exact) mass is 206 g/mol. The summed E-state index contributed by atoms with van der Waals surface area (Å²) in [5.41, 5.74) is 1.42. The second-order valence-electron chi connectivity index (χ2n) is 3.69. The molecule has 0 N–H and O–H groups in total. The molecule has 0 bridgehead atoms. The third kappa shape index (κ3) is 1.94. The zero-order valence-electron chi connectivity index (χ0n) is 8.53. The molecule has 0 amide bonds. The molecule has 14 heavy (non-hydrogen) atoms. The van der Waals surface area contributed by atoms with E-state index in [1.807, 2.05) is 23.7 Å². The minimum absolute atomic E-state index is 1.10. The Hall–Kier alpha value is -0.930. The smallest absolute Gasteiger partial charge is 0.0376 e. The maximum atomic E-state index is 4.17. The molecule has 0 atom stereocenters. The fraction of sp³-hybridized carbons (Fsp3) is 0.364. The standard InChI is InChI=1S/C11H14N2S/c1-13(2)6-4-9-8-14-11-3-5-12-7-10(9)11/h3,5,7-8H,4,6H2,1-2H3. The highest BCUT2D eigenvalue weighted by molar-refractivity contribution is 7.17. The van der Waals surface area contributed by atoms with E-state index in [-0.39, 0.29) is 0 Å². The van der Waals surface area contributed by atoms with Gasteiger partial charge >= 0.3 is 0 Å². The average Bonchev–Trinajstić information content (AvgIpc) is 2.58. The van der Waals surface area contributed by atoms with Crippen molar-refractivity contribution >= 4 is 21.4 Å². The number of nitrogens with zero attached hydrogens (tertiary/aromatic N) is 2. The average molecular weight is 206 g/mol. The van der Waals surface area contributed by atoms with Gasteiger partial charge in [-0.25, -0.2) is 0 Å². The van der Waals surface area contributed by atoms with Crippen molar-refractivity contribution in [2.24, 2.45) is 0 Å². The minimum atomic E-state index is 1.10. The molecule has 0 aromatic carbocycles. The third-order valence-electron chi connectivity index (χ3n) is 2.28. The molecule has 0 aliphatic heterocycles. The molecule has 2 aromatic heterocycles. The number of hydrogen-bond donors (Lipinski definition) is 0. The van der Waals surface area contributed by atoms with Crippen molar-refractivity contribution < 1.29 is 0 Å². The summed E-state index contributed by atoms with van der Waals surface area (Å²) >= 11 is 1.81. The molecule has 0 fully saturated rings. The molecule has 2 aromatic rings. The molecule has 2 heterocycles. The lowest BCUT2D eigenvalue weighted by Gasteiger charge is -2.07. The SMILES string of the molecule is CN(C)CCc1csc2ccncc12. The Balaban J connectivity index is 2.25. The van der Waals surface area contributed by atoms with Crippen LogP contribution in [0.1, 0.15) is 5.56 Å². The van der Waals surface area contributed by atoms with E-state index in [2.05, 4.69) is 35.4 Å². The first-order chi connectivity index (χ1) is 6.77. The fourth-order valence-electron chi connectivity index (χ4n) is 1.46. The van der Waals surface area contributed by atoms with Crippen LogP contribution in [0, 0.1) is 0 Å². The van der Waals surface area contributed by atoms with Gasteiger partial charge in [0.1, 0.15) is 0 Å². The van der Waals surface area contributed by atoms with Crippen LogP contribution in [0.5, 0.6) is 0 Å². The molecule has 0 aliphatic rings. The van der Waals surface area contributed by atoms with Gasteiger partial charge in [0.25, 0.3) is 0 Å². The maximum absolute atomic E-state index is 4.17. The fourth-order valence-corrected chi connectivity index (χ4v) is 2.43. The van der Waals surface area contributed by atoms with Gasteiger partial charge in [-0.3, -0.25) is 4.98 Å². The number of pyridine rings is 1. The minimum Gasteiger partial charge on any atom is -0.309 e. The first-order valence-electron chi connectivity index (χ1n) is 4.72. The Kier molecular flexibility index (Phi) is 2.79. The lowest BCUT2D eigenvalue weighted by Crippen LogP contribution is -2.14. The van der Waals surface area contributed by atoms with Gasteiger partial charge in [-0.15, -0.1) is 11.3 Å². The van der Waals surface area contributed by atoms with Crippen LogP contribution in [-0.4, -0.2) is 30.5 Å². The number of rotatable bonds is 3. The van der Waals surface area contributed by atoms with E-state index in [1.54, 1.807) is 0 Å². The molecule has 3 heteroatoms. The van der Waals surface area contributed by atoms with Crippen LogP contribution in [-0.2, 0) is 6.42 Å². The Morgan fingerprint density at radius 3 is 3.07 bits per heavy atom. The van der Waals surface area contributed by atoms with Crippen LogP contribution in [0.15, 0.2) is 23.8 Å². The van der Waals surface area contributed by atoms with Crippen molar-refractivity contribution in [2.75, 3.05) is 20.6 Å². The van der Waals surface area contributed by atoms with Gasteiger partial charge in [0, 0.05) is 29.0 Å². The molecular formula is C11H14N2S. The van der Waals surface area contributed by atoms with Crippen molar-refractivity contribution in [3.63, 3.8) is 0 Å². The van der Waals surface area contributed by atoms with Crippen molar-refractivity contribution in [1.29, 1.82) is 0 Å². The van der Waals surface area contributed by atoms with Gasteiger partial charge in [-0.05, 0) is 37.5 Å². The molecule has 0 aliphatic carbocycles. The largest absolute Gasteiger partial charge is 0.309 e. The molecule has 0 saturated heterocycles. The van der Waals surface area contributed by atoms with E-state index in [9.17, 15) is 0 Å². The van der Waals surface area contributed by atoms with Gasteiger partial charge in [0.15, 0.2) is 0 Å². The van der Waals surface area contributed by atoms with E-state index >= 15 is 0 Å². The highest BCUT2D eigenvalue weighted by Gasteiger charge is 2.03. The Morgan fingerprint density at radius 1 is 1.43 bits per heavy atom. The molecule has 0 radical (unpaired) electrons. The Bertz CT molecular complexity index is 420. The van der Waals surface area contributed by atoms with Gasteiger partial charge in [0.05, 0.1) is 0 Å². The summed E-state index contributed by atoms with van der Waals surface area (Å²) < 4.78 is 1.34. The van der Waals surface area contributed by atoms with Crippen LogP contribution in [0.2, 0.25) is 0 Å². The predicted molar refractivity (Wildman–Crippen MR) is 61.9 cm³/mol. The number of likely N-dealkylation sites (N-methyl/N-ethyl adjacent to an activating group) is 1. The normalized spacial score (nSPS) is 11.4. The zero-order valence-corrected chi connectivity index (χ0v) is 9.34. The quantitative estimate of drug-likeness (QED) is 0.766. The van der Waals surface area contributed by atoms with Crippen molar-refractivity contribution in [1.82, 2.24) is 9.88 Å². The lowest BCUT2D eigenvalue weighted by atomic mass is 10.1.